The number of hydrogen-bond acceptors (Lipinski definition) is 5. The van der Waals surface area contributed by atoms with Gasteiger partial charge in [0.1, 0.15) is 11.5 Å². The van der Waals surface area contributed by atoms with Crippen LogP contribution < -0.4 is 9.47 Å². The number of ether oxygens (including phenoxy) is 2. The zero-order valence-electron chi connectivity index (χ0n) is 16.4. The lowest BCUT2D eigenvalue weighted by molar-refractivity contribution is -0.136. The molecule has 1 atom stereocenters. The Morgan fingerprint density at radius 3 is 2.48 bits per heavy atom. The molecular weight excluding hydrogens is 437 g/mol. The Labute approximate surface area is 181 Å². The molecule has 0 heterocycles. The van der Waals surface area contributed by atoms with E-state index in [9.17, 15) is 13.2 Å². The normalized spacial score (nSPS) is 12.3. The summed E-state index contributed by atoms with van der Waals surface area (Å²) in [6.45, 7) is 2.46. The van der Waals surface area contributed by atoms with E-state index in [1.54, 1.807) is 49.2 Å². The minimum atomic E-state index is -3.28. The third-order valence-corrected chi connectivity index (χ3v) is 5.92. The molecule has 2 aromatic rings. The van der Waals surface area contributed by atoms with E-state index in [2.05, 4.69) is 0 Å². The van der Waals surface area contributed by atoms with Crippen LogP contribution >= 0.6 is 23.2 Å². The van der Waals surface area contributed by atoms with Gasteiger partial charge in [-0.3, -0.25) is 4.79 Å². The molecule has 9 heteroatoms. The lowest BCUT2D eigenvalue weighted by Crippen LogP contribution is -2.38. The Kier molecular flexibility index (Phi) is 8.19. The van der Waals surface area contributed by atoms with Gasteiger partial charge < -0.3 is 14.4 Å². The molecule has 0 radical (unpaired) electrons. The molecule has 0 aromatic heterocycles. The summed E-state index contributed by atoms with van der Waals surface area (Å²) in [5, 5.41) is 0.770. The molecule has 0 aliphatic heterocycles. The first kappa shape index (κ1) is 23.3. The van der Waals surface area contributed by atoms with Crippen LogP contribution in [-0.2, 0) is 14.6 Å². The third kappa shape index (κ3) is 7.10. The highest BCUT2D eigenvalue weighted by Crippen LogP contribution is 2.27. The number of sulfone groups is 1. The van der Waals surface area contributed by atoms with E-state index in [4.69, 9.17) is 32.7 Å². The maximum absolute atomic E-state index is 12.5. The van der Waals surface area contributed by atoms with E-state index in [-0.39, 0.29) is 10.8 Å². The summed E-state index contributed by atoms with van der Waals surface area (Å²) >= 11 is 11.8. The van der Waals surface area contributed by atoms with Crippen LogP contribution in [0.4, 0.5) is 0 Å². The Bertz CT molecular complexity index is 965. The van der Waals surface area contributed by atoms with Crippen LogP contribution in [0.3, 0.4) is 0 Å². The second-order valence-electron chi connectivity index (χ2n) is 6.54. The van der Waals surface area contributed by atoms with Crippen molar-refractivity contribution in [2.24, 2.45) is 0 Å². The summed E-state index contributed by atoms with van der Waals surface area (Å²) in [6, 6.07) is 11.1. The van der Waals surface area contributed by atoms with Crippen molar-refractivity contribution >= 4 is 38.9 Å². The molecule has 2 rings (SSSR count). The Morgan fingerprint density at radius 2 is 1.83 bits per heavy atom. The average Bonchev–Trinajstić information content (AvgIpc) is 2.67. The van der Waals surface area contributed by atoms with Gasteiger partial charge in [-0.1, -0.05) is 29.3 Å². The number of benzene rings is 2. The zero-order chi connectivity index (χ0) is 21.6. The fourth-order valence-corrected chi connectivity index (χ4v) is 3.46. The van der Waals surface area contributed by atoms with Crippen molar-refractivity contribution in [2.75, 3.05) is 26.5 Å². The van der Waals surface area contributed by atoms with Gasteiger partial charge in [0.25, 0.3) is 5.91 Å². The van der Waals surface area contributed by atoms with Crippen molar-refractivity contribution in [1.29, 1.82) is 0 Å². The van der Waals surface area contributed by atoms with Gasteiger partial charge in [-0.2, -0.15) is 0 Å². The zero-order valence-corrected chi connectivity index (χ0v) is 18.7. The van der Waals surface area contributed by atoms with Gasteiger partial charge in [-0.25, -0.2) is 8.42 Å². The van der Waals surface area contributed by atoms with Crippen molar-refractivity contribution in [1.82, 2.24) is 4.90 Å². The van der Waals surface area contributed by atoms with Crippen LogP contribution in [0.2, 0.25) is 10.0 Å². The summed E-state index contributed by atoms with van der Waals surface area (Å²) in [5.41, 5.74) is 0. The van der Waals surface area contributed by atoms with Gasteiger partial charge in [0.15, 0.2) is 15.9 Å². The highest BCUT2D eigenvalue weighted by molar-refractivity contribution is 7.90. The molecule has 0 saturated heterocycles. The molecule has 1 amide bonds. The van der Waals surface area contributed by atoms with Crippen molar-refractivity contribution in [3.63, 3.8) is 0 Å². The number of rotatable bonds is 9. The maximum atomic E-state index is 12.5. The molecule has 0 saturated carbocycles. The predicted molar refractivity (Wildman–Crippen MR) is 114 cm³/mol. The molecule has 0 fully saturated rings. The summed E-state index contributed by atoms with van der Waals surface area (Å²) in [5.74, 6) is 0.746. The van der Waals surface area contributed by atoms with Crippen LogP contribution in [0.25, 0.3) is 0 Å². The quantitative estimate of drug-likeness (QED) is 0.527. The molecule has 1 unspecified atom stereocenters. The first-order chi connectivity index (χ1) is 13.6. The van der Waals surface area contributed by atoms with Gasteiger partial charge in [-0.05, 0) is 43.7 Å². The molecule has 0 bridgehead atoms. The van der Waals surface area contributed by atoms with Crippen LogP contribution in [0, 0.1) is 0 Å². The smallest absolute Gasteiger partial charge is 0.263 e. The third-order valence-electron chi connectivity index (χ3n) is 4.07. The molecule has 158 valence electrons. The molecule has 29 heavy (non-hydrogen) atoms. The standard InChI is InChI=1S/C20H23Cl2NO5S/c1-14(28-16-8-9-18(21)19(22)13-16)20(24)23(2)10-5-11-27-15-6-4-7-17(12-15)29(3,25)26/h4,6-9,12-14H,5,10-11H2,1-3H3. The van der Waals surface area contributed by atoms with E-state index in [0.29, 0.717) is 41.1 Å². The SMILES string of the molecule is CC(Oc1ccc(Cl)c(Cl)c1)C(=O)N(C)CCCOc1cccc(S(C)(=O)=O)c1. The molecular formula is C20H23Cl2NO5S. The number of amides is 1. The number of likely N-dealkylation sites (N-methyl/N-ethyl adjacent to an activating group) is 1. The van der Waals surface area contributed by atoms with Crippen LogP contribution in [-0.4, -0.2) is 51.8 Å². The number of carbonyl (C=O) groups is 1. The first-order valence-electron chi connectivity index (χ1n) is 8.87. The van der Waals surface area contributed by atoms with E-state index in [1.165, 1.54) is 12.1 Å². The van der Waals surface area contributed by atoms with Crippen LogP contribution in [0.5, 0.6) is 11.5 Å². The fraction of sp³-hybridized carbons (Fsp3) is 0.350. The summed E-state index contributed by atoms with van der Waals surface area (Å²) < 4.78 is 34.4. The van der Waals surface area contributed by atoms with Gasteiger partial charge in [0, 0.05) is 25.9 Å². The lowest BCUT2D eigenvalue weighted by atomic mass is 10.3. The minimum absolute atomic E-state index is 0.185. The van der Waals surface area contributed by atoms with E-state index >= 15 is 0 Å². The Hall–Kier alpha value is -1.96. The summed E-state index contributed by atoms with van der Waals surface area (Å²) in [6.07, 6.45) is 1.03. The molecule has 0 aliphatic carbocycles. The number of halogens is 2. The van der Waals surface area contributed by atoms with E-state index in [0.717, 1.165) is 6.26 Å². The second-order valence-corrected chi connectivity index (χ2v) is 9.37. The Balaban J connectivity index is 1.80. The van der Waals surface area contributed by atoms with Crippen LogP contribution in [0.1, 0.15) is 13.3 Å². The monoisotopic (exact) mass is 459 g/mol. The van der Waals surface area contributed by atoms with Crippen molar-refractivity contribution in [3.05, 3.63) is 52.5 Å². The van der Waals surface area contributed by atoms with Crippen molar-refractivity contribution in [2.45, 2.75) is 24.3 Å². The highest BCUT2D eigenvalue weighted by atomic mass is 35.5. The Morgan fingerprint density at radius 1 is 1.10 bits per heavy atom. The van der Waals surface area contributed by atoms with Crippen molar-refractivity contribution < 1.29 is 22.7 Å². The molecule has 0 N–H and O–H groups in total. The first-order valence-corrected chi connectivity index (χ1v) is 11.5. The second kappa shape index (κ2) is 10.2. The largest absolute Gasteiger partial charge is 0.493 e. The predicted octanol–water partition coefficient (Wildman–Crippen LogP) is 4.09. The topological polar surface area (TPSA) is 72.9 Å². The van der Waals surface area contributed by atoms with E-state index < -0.39 is 15.9 Å². The number of nitrogens with zero attached hydrogens (tertiary/aromatic N) is 1. The highest BCUT2D eigenvalue weighted by Gasteiger charge is 2.19. The summed E-state index contributed by atoms with van der Waals surface area (Å²) in [4.78, 5) is 14.2. The molecule has 2 aromatic carbocycles. The van der Waals surface area contributed by atoms with Crippen molar-refractivity contribution in [3.8, 4) is 11.5 Å². The maximum Gasteiger partial charge on any atom is 0.263 e. The van der Waals surface area contributed by atoms with Gasteiger partial charge in [0.2, 0.25) is 0 Å². The lowest BCUT2D eigenvalue weighted by Gasteiger charge is -2.22. The molecule has 6 nitrogen and oxygen atoms in total. The fourth-order valence-electron chi connectivity index (χ4n) is 2.51. The van der Waals surface area contributed by atoms with Gasteiger partial charge in [0.05, 0.1) is 21.5 Å². The summed E-state index contributed by atoms with van der Waals surface area (Å²) in [7, 11) is -1.60. The molecule has 0 aliphatic rings. The van der Waals surface area contributed by atoms with Gasteiger partial charge >= 0.3 is 0 Å². The van der Waals surface area contributed by atoms with Gasteiger partial charge in [-0.15, -0.1) is 0 Å². The van der Waals surface area contributed by atoms with Crippen LogP contribution in [0.15, 0.2) is 47.4 Å². The minimum Gasteiger partial charge on any atom is -0.493 e. The molecule has 0 spiro atoms. The average molecular weight is 460 g/mol. The number of carbonyl (C=O) groups excluding carboxylic acids is 1. The number of hydrogen-bond donors (Lipinski definition) is 0. The van der Waals surface area contributed by atoms with E-state index in [1.807, 2.05) is 0 Å².